The zero-order chi connectivity index (χ0) is 17.2. The smallest absolute Gasteiger partial charge is 0.416 e. The molecular formula is C15H8F5NO2. The number of hydrogen-bond donors (Lipinski definition) is 0. The van der Waals surface area contributed by atoms with E-state index in [4.69, 9.17) is 4.74 Å². The molecule has 0 aliphatic heterocycles. The average molecular weight is 329 g/mol. The van der Waals surface area contributed by atoms with Gasteiger partial charge in [0.2, 0.25) is 6.08 Å². The van der Waals surface area contributed by atoms with Gasteiger partial charge in [-0.1, -0.05) is 12.1 Å². The summed E-state index contributed by atoms with van der Waals surface area (Å²) in [5.41, 5.74) is -1.05. The number of hydrogen-bond acceptors (Lipinski definition) is 3. The summed E-state index contributed by atoms with van der Waals surface area (Å²) in [6.07, 6.45) is -3.62. The van der Waals surface area contributed by atoms with Crippen LogP contribution in [0.15, 0.2) is 35.3 Å². The van der Waals surface area contributed by atoms with Gasteiger partial charge in [-0.15, -0.1) is 0 Å². The van der Waals surface area contributed by atoms with Crippen molar-refractivity contribution in [2.24, 2.45) is 4.99 Å². The Labute approximate surface area is 127 Å². The van der Waals surface area contributed by atoms with Gasteiger partial charge in [-0.25, -0.2) is 13.6 Å². The monoisotopic (exact) mass is 329 g/mol. The van der Waals surface area contributed by atoms with Crippen molar-refractivity contribution in [2.75, 3.05) is 0 Å². The van der Waals surface area contributed by atoms with Crippen molar-refractivity contribution in [2.45, 2.75) is 13.1 Å². The Morgan fingerprint density at radius 1 is 1.13 bits per heavy atom. The Kier molecular flexibility index (Phi) is 4.47. The molecular weight excluding hydrogens is 321 g/mol. The van der Waals surface area contributed by atoms with Crippen molar-refractivity contribution in [3.8, 4) is 11.5 Å². The van der Waals surface area contributed by atoms with E-state index in [9.17, 15) is 26.7 Å². The van der Waals surface area contributed by atoms with E-state index in [2.05, 4.69) is 4.99 Å². The zero-order valence-electron chi connectivity index (χ0n) is 11.5. The van der Waals surface area contributed by atoms with Crippen molar-refractivity contribution in [3.63, 3.8) is 0 Å². The van der Waals surface area contributed by atoms with Gasteiger partial charge < -0.3 is 4.74 Å². The van der Waals surface area contributed by atoms with E-state index in [-0.39, 0.29) is 23.6 Å². The largest absolute Gasteiger partial charge is 0.449 e. The average Bonchev–Trinajstić information content (AvgIpc) is 2.45. The predicted molar refractivity (Wildman–Crippen MR) is 70.4 cm³/mol. The minimum Gasteiger partial charge on any atom is -0.449 e. The number of nitrogens with zero attached hydrogens (tertiary/aromatic N) is 1. The molecule has 0 aliphatic carbocycles. The lowest BCUT2D eigenvalue weighted by atomic mass is 10.1. The van der Waals surface area contributed by atoms with Crippen molar-refractivity contribution >= 4 is 11.8 Å². The molecule has 0 amide bonds. The minimum absolute atomic E-state index is 0.0267. The Balaban J connectivity index is 2.50. The van der Waals surface area contributed by atoms with Gasteiger partial charge in [0, 0.05) is 0 Å². The van der Waals surface area contributed by atoms with Crippen molar-refractivity contribution in [3.05, 3.63) is 53.1 Å². The van der Waals surface area contributed by atoms with Gasteiger partial charge >= 0.3 is 6.18 Å². The number of alkyl halides is 3. The highest BCUT2D eigenvalue weighted by atomic mass is 19.4. The highest BCUT2D eigenvalue weighted by molar-refractivity contribution is 5.62. The normalized spacial score (nSPS) is 11.0. The number of ether oxygens (including phenoxy) is 1. The number of isocyanates is 1. The molecule has 2 aromatic carbocycles. The maximum atomic E-state index is 13.8. The Morgan fingerprint density at radius 2 is 1.74 bits per heavy atom. The lowest BCUT2D eigenvalue weighted by Crippen LogP contribution is -2.07. The van der Waals surface area contributed by atoms with E-state index in [0.29, 0.717) is 5.56 Å². The molecule has 0 aliphatic rings. The number of halogens is 5. The second kappa shape index (κ2) is 6.18. The molecule has 120 valence electrons. The van der Waals surface area contributed by atoms with Gasteiger partial charge in [-0.2, -0.15) is 18.2 Å². The SMILES string of the molecule is Cc1cccc(Oc2c(F)cc(C(F)(F)F)cc2F)c1N=C=O. The molecule has 3 nitrogen and oxygen atoms in total. The fraction of sp³-hybridized carbons (Fsp3) is 0.133. The van der Waals surface area contributed by atoms with Crippen LogP contribution in [0.25, 0.3) is 0 Å². The first-order valence-corrected chi connectivity index (χ1v) is 6.15. The summed E-state index contributed by atoms with van der Waals surface area (Å²) in [5, 5.41) is 0. The number of rotatable bonds is 3. The first-order valence-electron chi connectivity index (χ1n) is 6.15. The van der Waals surface area contributed by atoms with E-state index in [1.165, 1.54) is 18.2 Å². The van der Waals surface area contributed by atoms with Gasteiger partial charge in [0.05, 0.1) is 5.56 Å². The molecule has 2 rings (SSSR count). The van der Waals surface area contributed by atoms with Crippen LogP contribution in [0.3, 0.4) is 0 Å². The van der Waals surface area contributed by atoms with Crippen LogP contribution in [-0.2, 0) is 11.0 Å². The van der Waals surface area contributed by atoms with E-state index in [1.54, 1.807) is 13.0 Å². The van der Waals surface area contributed by atoms with Crippen LogP contribution in [0.1, 0.15) is 11.1 Å². The highest BCUT2D eigenvalue weighted by Gasteiger charge is 2.33. The van der Waals surface area contributed by atoms with Crippen molar-refractivity contribution in [1.29, 1.82) is 0 Å². The summed E-state index contributed by atoms with van der Waals surface area (Å²) in [7, 11) is 0. The third-order valence-corrected chi connectivity index (χ3v) is 2.90. The Bertz CT molecular complexity index is 772. The second-order valence-corrected chi connectivity index (χ2v) is 4.49. The third kappa shape index (κ3) is 3.54. The van der Waals surface area contributed by atoms with E-state index in [1.807, 2.05) is 0 Å². The number of aryl methyl sites for hydroxylation is 1. The lowest BCUT2D eigenvalue weighted by molar-refractivity contribution is -0.138. The van der Waals surface area contributed by atoms with Gasteiger partial charge in [0.25, 0.3) is 0 Å². The van der Waals surface area contributed by atoms with E-state index in [0.717, 1.165) is 0 Å². The molecule has 0 aromatic heterocycles. The van der Waals surface area contributed by atoms with Crippen LogP contribution in [-0.4, -0.2) is 6.08 Å². The molecule has 0 heterocycles. The van der Waals surface area contributed by atoms with Gasteiger partial charge in [-0.3, -0.25) is 0 Å². The van der Waals surface area contributed by atoms with Gasteiger partial charge in [-0.05, 0) is 30.7 Å². The molecule has 0 unspecified atom stereocenters. The predicted octanol–water partition coefficient (Wildman–Crippen LogP) is 5.05. The summed E-state index contributed by atoms with van der Waals surface area (Å²) >= 11 is 0. The second-order valence-electron chi connectivity index (χ2n) is 4.49. The Morgan fingerprint density at radius 3 is 2.26 bits per heavy atom. The van der Waals surface area contributed by atoms with Crippen LogP contribution in [0, 0.1) is 18.6 Å². The molecule has 8 heteroatoms. The number of benzene rings is 2. The van der Waals surface area contributed by atoms with Crippen LogP contribution < -0.4 is 4.74 Å². The lowest BCUT2D eigenvalue weighted by Gasteiger charge is -2.13. The molecule has 0 saturated heterocycles. The molecule has 0 saturated carbocycles. The molecule has 0 atom stereocenters. The first kappa shape index (κ1) is 16.6. The first-order chi connectivity index (χ1) is 10.7. The van der Waals surface area contributed by atoms with Gasteiger partial charge in [0.1, 0.15) is 5.69 Å². The molecule has 0 spiro atoms. The summed E-state index contributed by atoms with van der Waals surface area (Å²) < 4.78 is 70.0. The van der Waals surface area contributed by atoms with E-state index < -0.39 is 29.1 Å². The summed E-state index contributed by atoms with van der Waals surface area (Å²) in [5.74, 6) is -4.27. The van der Waals surface area contributed by atoms with Crippen LogP contribution >= 0.6 is 0 Å². The maximum Gasteiger partial charge on any atom is 0.416 e. The molecule has 23 heavy (non-hydrogen) atoms. The molecule has 0 N–H and O–H groups in total. The Hall–Kier alpha value is -2.73. The zero-order valence-corrected chi connectivity index (χ0v) is 11.5. The van der Waals surface area contributed by atoms with Crippen LogP contribution in [0.2, 0.25) is 0 Å². The van der Waals surface area contributed by atoms with Crippen LogP contribution in [0.5, 0.6) is 11.5 Å². The highest BCUT2D eigenvalue weighted by Crippen LogP contribution is 2.38. The maximum absolute atomic E-state index is 13.8. The van der Waals surface area contributed by atoms with Crippen molar-refractivity contribution < 1.29 is 31.5 Å². The van der Waals surface area contributed by atoms with Gasteiger partial charge in [0.15, 0.2) is 23.1 Å². The fourth-order valence-electron chi connectivity index (χ4n) is 1.83. The molecule has 2 aromatic rings. The summed E-state index contributed by atoms with van der Waals surface area (Å²) in [6.45, 7) is 1.56. The standard InChI is InChI=1S/C15H8F5NO2/c1-8-3-2-4-12(13(8)21-7-22)23-14-10(16)5-9(6-11(14)17)15(18,19)20/h2-6H,1H3. The third-order valence-electron chi connectivity index (χ3n) is 2.90. The van der Waals surface area contributed by atoms with Crippen LogP contribution in [0.4, 0.5) is 27.6 Å². The minimum atomic E-state index is -4.89. The number of para-hydroxylation sites is 1. The fourth-order valence-corrected chi connectivity index (χ4v) is 1.83. The number of carbonyl (C=O) groups excluding carboxylic acids is 1. The topological polar surface area (TPSA) is 38.7 Å². The summed E-state index contributed by atoms with van der Waals surface area (Å²) in [6, 6.07) is 4.53. The molecule has 0 radical (unpaired) electrons. The summed E-state index contributed by atoms with van der Waals surface area (Å²) in [4.78, 5) is 13.8. The van der Waals surface area contributed by atoms with E-state index >= 15 is 0 Å². The molecule has 0 bridgehead atoms. The number of aliphatic imine (C=N–C) groups is 1. The van der Waals surface area contributed by atoms with Crippen molar-refractivity contribution in [1.82, 2.24) is 0 Å². The quantitative estimate of drug-likeness (QED) is 0.449. The molecule has 0 fully saturated rings.